The molecule has 122 valence electrons. The van der Waals surface area contributed by atoms with Crippen LogP contribution in [0, 0.1) is 0 Å². The molecule has 1 heterocycles. The van der Waals surface area contributed by atoms with Crippen LogP contribution in [0.4, 0.5) is 0 Å². The fraction of sp³-hybridized carbons (Fsp3) is 0.312. The summed E-state index contributed by atoms with van der Waals surface area (Å²) in [7, 11) is 0. The van der Waals surface area contributed by atoms with E-state index in [9.17, 15) is 14.4 Å². The predicted octanol–water partition coefficient (Wildman–Crippen LogP) is 1.54. The predicted molar refractivity (Wildman–Crippen MR) is 82.5 cm³/mol. The van der Waals surface area contributed by atoms with E-state index in [1.54, 1.807) is 18.2 Å². The van der Waals surface area contributed by atoms with Crippen molar-refractivity contribution in [3.63, 3.8) is 0 Å². The Bertz CT molecular complexity index is 766. The van der Waals surface area contributed by atoms with Gasteiger partial charge in [0.2, 0.25) is 0 Å². The second-order valence-electron chi connectivity index (χ2n) is 4.99. The van der Waals surface area contributed by atoms with Gasteiger partial charge in [-0.05, 0) is 24.6 Å². The van der Waals surface area contributed by atoms with Crippen LogP contribution in [0.2, 0.25) is 0 Å². The van der Waals surface area contributed by atoms with Gasteiger partial charge in [0.05, 0.1) is 0 Å². The number of nitrogens with one attached hydrogen (secondary N) is 1. The topological polar surface area (TPSA) is 106 Å². The van der Waals surface area contributed by atoms with E-state index < -0.39 is 23.5 Å². The summed E-state index contributed by atoms with van der Waals surface area (Å²) in [6.45, 7) is 1.51. The molecule has 0 radical (unpaired) electrons. The number of fused-ring (bicyclic) bond motifs is 1. The van der Waals surface area contributed by atoms with E-state index in [0.29, 0.717) is 24.2 Å². The van der Waals surface area contributed by atoms with Crippen LogP contribution in [0.15, 0.2) is 39.5 Å². The lowest BCUT2D eigenvalue weighted by atomic mass is 10.2. The standard InChI is InChI=1S/C16H17NO6/c1-2-3-12(16(20)21)17-14(18)9-22-11-6-4-10-5-7-15(19)23-13(10)8-11/h4-8,12H,2-3,9H2,1H3,(H,17,18)(H,20,21)/t12-/m0/s1. The zero-order valence-electron chi connectivity index (χ0n) is 12.6. The van der Waals surface area contributed by atoms with Gasteiger partial charge in [-0.15, -0.1) is 0 Å². The quantitative estimate of drug-likeness (QED) is 0.750. The van der Waals surface area contributed by atoms with Crippen LogP contribution in [0.3, 0.4) is 0 Å². The zero-order chi connectivity index (χ0) is 16.8. The molecule has 0 spiro atoms. The molecule has 1 aromatic heterocycles. The number of aliphatic carboxylic acids is 1. The third-order valence-corrected chi connectivity index (χ3v) is 3.18. The van der Waals surface area contributed by atoms with Crippen molar-refractivity contribution in [3.05, 3.63) is 40.8 Å². The number of amides is 1. The maximum Gasteiger partial charge on any atom is 0.336 e. The van der Waals surface area contributed by atoms with Crippen LogP contribution in [0.25, 0.3) is 11.0 Å². The Morgan fingerprint density at radius 2 is 2.04 bits per heavy atom. The maximum atomic E-state index is 11.8. The first-order valence-corrected chi connectivity index (χ1v) is 7.18. The Morgan fingerprint density at radius 3 is 2.74 bits per heavy atom. The van der Waals surface area contributed by atoms with E-state index in [2.05, 4.69) is 5.32 Å². The van der Waals surface area contributed by atoms with Crippen molar-refractivity contribution in [2.45, 2.75) is 25.8 Å². The van der Waals surface area contributed by atoms with Gasteiger partial charge in [-0.25, -0.2) is 9.59 Å². The van der Waals surface area contributed by atoms with Crippen molar-refractivity contribution >= 4 is 22.8 Å². The average Bonchev–Trinajstić information content (AvgIpc) is 2.52. The molecule has 0 aliphatic heterocycles. The molecule has 1 amide bonds. The summed E-state index contributed by atoms with van der Waals surface area (Å²) in [5.74, 6) is -1.25. The Hall–Kier alpha value is -2.83. The number of hydrogen-bond acceptors (Lipinski definition) is 5. The van der Waals surface area contributed by atoms with Crippen LogP contribution >= 0.6 is 0 Å². The Balaban J connectivity index is 1.98. The molecule has 1 atom stereocenters. The molecule has 0 unspecified atom stereocenters. The minimum absolute atomic E-state index is 0.323. The fourth-order valence-electron chi connectivity index (χ4n) is 2.06. The molecule has 2 rings (SSSR count). The highest BCUT2D eigenvalue weighted by Gasteiger charge is 2.18. The highest BCUT2D eigenvalue weighted by molar-refractivity contribution is 5.84. The number of carbonyl (C=O) groups is 2. The molecule has 0 saturated heterocycles. The van der Waals surface area contributed by atoms with Gasteiger partial charge in [0.25, 0.3) is 5.91 Å². The van der Waals surface area contributed by atoms with Crippen molar-refractivity contribution in [2.75, 3.05) is 6.61 Å². The summed E-state index contributed by atoms with van der Waals surface area (Å²) < 4.78 is 10.3. The van der Waals surface area contributed by atoms with Crippen LogP contribution in [-0.2, 0) is 9.59 Å². The number of benzene rings is 1. The van der Waals surface area contributed by atoms with Gasteiger partial charge in [-0.1, -0.05) is 13.3 Å². The van der Waals surface area contributed by atoms with Gasteiger partial charge in [0, 0.05) is 17.5 Å². The van der Waals surface area contributed by atoms with Gasteiger partial charge in [-0.2, -0.15) is 0 Å². The third-order valence-electron chi connectivity index (χ3n) is 3.18. The van der Waals surface area contributed by atoms with Crippen LogP contribution in [0.1, 0.15) is 19.8 Å². The first-order chi connectivity index (χ1) is 11.0. The van der Waals surface area contributed by atoms with Crippen molar-refractivity contribution in [1.82, 2.24) is 5.32 Å². The van der Waals surface area contributed by atoms with Crippen LogP contribution in [0.5, 0.6) is 5.75 Å². The summed E-state index contributed by atoms with van der Waals surface area (Å²) in [6, 6.07) is 6.85. The van der Waals surface area contributed by atoms with Gasteiger partial charge in [-0.3, -0.25) is 4.79 Å². The average molecular weight is 319 g/mol. The summed E-state index contributed by atoms with van der Waals surface area (Å²) in [6.07, 6.45) is 0.990. The lowest BCUT2D eigenvalue weighted by Crippen LogP contribution is -2.42. The van der Waals surface area contributed by atoms with E-state index in [4.69, 9.17) is 14.3 Å². The lowest BCUT2D eigenvalue weighted by Gasteiger charge is -2.14. The molecule has 7 heteroatoms. The Labute approximate surface area is 131 Å². The van der Waals surface area contributed by atoms with E-state index >= 15 is 0 Å². The monoisotopic (exact) mass is 319 g/mol. The minimum Gasteiger partial charge on any atom is -0.484 e. The molecule has 0 bridgehead atoms. The Kier molecular flexibility index (Phi) is 5.35. The number of hydrogen-bond donors (Lipinski definition) is 2. The molecule has 2 N–H and O–H groups in total. The number of rotatable bonds is 7. The normalized spacial score (nSPS) is 11.9. The molecule has 0 aliphatic rings. The molecule has 1 aromatic carbocycles. The van der Waals surface area contributed by atoms with Gasteiger partial charge in [0.1, 0.15) is 17.4 Å². The van der Waals surface area contributed by atoms with Crippen LogP contribution < -0.4 is 15.7 Å². The SMILES string of the molecule is CCC[C@H](NC(=O)COc1ccc2ccc(=O)oc2c1)C(=O)O. The van der Waals surface area contributed by atoms with Crippen molar-refractivity contribution in [1.29, 1.82) is 0 Å². The van der Waals surface area contributed by atoms with Gasteiger partial charge < -0.3 is 19.6 Å². The Morgan fingerprint density at radius 1 is 1.30 bits per heavy atom. The molecule has 2 aromatic rings. The highest BCUT2D eigenvalue weighted by Crippen LogP contribution is 2.19. The van der Waals surface area contributed by atoms with Crippen molar-refractivity contribution in [2.24, 2.45) is 0 Å². The number of carboxylic acid groups (broad SMARTS) is 1. The maximum absolute atomic E-state index is 11.8. The van der Waals surface area contributed by atoms with E-state index in [1.165, 1.54) is 12.1 Å². The molecule has 0 aliphatic carbocycles. The second kappa shape index (κ2) is 7.44. The molecule has 23 heavy (non-hydrogen) atoms. The van der Waals surface area contributed by atoms with Crippen molar-refractivity contribution < 1.29 is 23.8 Å². The molecule has 0 fully saturated rings. The second-order valence-corrected chi connectivity index (χ2v) is 4.99. The van der Waals surface area contributed by atoms with E-state index in [0.717, 1.165) is 5.39 Å². The van der Waals surface area contributed by atoms with Crippen LogP contribution in [-0.4, -0.2) is 29.6 Å². The minimum atomic E-state index is -1.08. The van der Waals surface area contributed by atoms with Gasteiger partial charge in [0.15, 0.2) is 6.61 Å². The first-order valence-electron chi connectivity index (χ1n) is 7.18. The molecular weight excluding hydrogens is 302 g/mol. The fourth-order valence-corrected chi connectivity index (χ4v) is 2.06. The lowest BCUT2D eigenvalue weighted by molar-refractivity contribution is -0.142. The highest BCUT2D eigenvalue weighted by atomic mass is 16.5. The van der Waals surface area contributed by atoms with Gasteiger partial charge >= 0.3 is 11.6 Å². The third kappa shape index (κ3) is 4.57. The smallest absolute Gasteiger partial charge is 0.336 e. The molecule has 7 nitrogen and oxygen atoms in total. The summed E-state index contributed by atoms with van der Waals surface area (Å²) in [5.41, 5.74) is -0.124. The molecular formula is C16H17NO6. The summed E-state index contributed by atoms with van der Waals surface area (Å²) in [5, 5.41) is 12.1. The number of carbonyl (C=O) groups excluding carboxylic acids is 1. The summed E-state index contributed by atoms with van der Waals surface area (Å²) >= 11 is 0. The first kappa shape index (κ1) is 16.5. The van der Waals surface area contributed by atoms with Crippen molar-refractivity contribution in [3.8, 4) is 5.75 Å². The number of carboxylic acids is 1. The van der Waals surface area contributed by atoms with E-state index in [-0.39, 0.29) is 6.61 Å². The van der Waals surface area contributed by atoms with E-state index in [1.807, 2.05) is 6.92 Å². The zero-order valence-corrected chi connectivity index (χ0v) is 12.6. The summed E-state index contributed by atoms with van der Waals surface area (Å²) in [4.78, 5) is 33.9. The largest absolute Gasteiger partial charge is 0.484 e. The number of ether oxygens (including phenoxy) is 1. The molecule has 0 saturated carbocycles.